The van der Waals surface area contributed by atoms with Gasteiger partial charge in [-0.1, -0.05) is 37.8 Å². The molecule has 4 atom stereocenters. The van der Waals surface area contributed by atoms with Crippen molar-refractivity contribution in [1.82, 2.24) is 15.5 Å². The standard InChI is InChI=1S/C25H34N4O3/c1-16(24(30)31)26-15-17-8-11-22-20(13-17)7-4-12-29(22)25-27-23(32-28-25)21-10-9-18-5-2-3-6-19(18)14-21/h8,11,13,16,18-19,21,26H,2-7,9-10,12,14-15H2,1H3,(H,30,31). The Morgan fingerprint density at radius 3 is 2.91 bits per heavy atom. The van der Waals surface area contributed by atoms with E-state index in [0.29, 0.717) is 18.4 Å². The molecule has 2 heterocycles. The van der Waals surface area contributed by atoms with Crippen molar-refractivity contribution in [3.05, 3.63) is 35.2 Å². The highest BCUT2D eigenvalue weighted by Gasteiger charge is 2.35. The van der Waals surface area contributed by atoms with E-state index in [2.05, 4.69) is 33.6 Å². The molecule has 7 nitrogen and oxygen atoms in total. The van der Waals surface area contributed by atoms with Gasteiger partial charge in [-0.05, 0) is 73.2 Å². The molecule has 0 radical (unpaired) electrons. The van der Waals surface area contributed by atoms with E-state index in [1.54, 1.807) is 6.92 Å². The third-order valence-electron chi connectivity index (χ3n) is 7.81. The summed E-state index contributed by atoms with van der Waals surface area (Å²) in [4.78, 5) is 18.1. The zero-order valence-electron chi connectivity index (χ0n) is 18.9. The SMILES string of the molecule is CC(NCc1ccc2c(c1)CCCN2c1noc(C2CCC3CCCCC3C2)n1)C(=O)O. The third kappa shape index (κ3) is 4.40. The summed E-state index contributed by atoms with van der Waals surface area (Å²) >= 11 is 0. The molecule has 1 aromatic carbocycles. The minimum atomic E-state index is -0.834. The van der Waals surface area contributed by atoms with E-state index in [-0.39, 0.29) is 0 Å². The van der Waals surface area contributed by atoms with E-state index >= 15 is 0 Å². The Labute approximate surface area is 189 Å². The molecular weight excluding hydrogens is 404 g/mol. The van der Waals surface area contributed by atoms with Gasteiger partial charge < -0.3 is 19.8 Å². The Hall–Kier alpha value is -2.41. The number of nitrogens with one attached hydrogen (secondary N) is 1. The molecule has 7 heteroatoms. The first-order valence-corrected chi connectivity index (χ1v) is 12.3. The third-order valence-corrected chi connectivity index (χ3v) is 7.81. The van der Waals surface area contributed by atoms with E-state index in [9.17, 15) is 4.79 Å². The van der Waals surface area contributed by atoms with E-state index < -0.39 is 12.0 Å². The summed E-state index contributed by atoms with van der Waals surface area (Å²) in [6, 6.07) is 5.78. The van der Waals surface area contributed by atoms with Crippen LogP contribution in [0.5, 0.6) is 0 Å². The van der Waals surface area contributed by atoms with Gasteiger partial charge in [0.1, 0.15) is 6.04 Å². The summed E-state index contributed by atoms with van der Waals surface area (Å²) in [6.45, 7) is 3.09. The Balaban J connectivity index is 1.28. The van der Waals surface area contributed by atoms with Crippen molar-refractivity contribution >= 4 is 17.6 Å². The highest BCUT2D eigenvalue weighted by Crippen LogP contribution is 2.46. The van der Waals surface area contributed by atoms with Crippen LogP contribution in [0.3, 0.4) is 0 Å². The largest absolute Gasteiger partial charge is 0.480 e. The lowest BCUT2D eigenvalue weighted by Crippen LogP contribution is -2.33. The highest BCUT2D eigenvalue weighted by molar-refractivity contribution is 5.72. The number of fused-ring (bicyclic) bond motifs is 2. The molecule has 1 aromatic heterocycles. The van der Waals surface area contributed by atoms with Crippen molar-refractivity contribution in [2.45, 2.75) is 83.2 Å². The molecule has 172 valence electrons. The maximum absolute atomic E-state index is 11.0. The molecule has 4 unspecified atom stereocenters. The van der Waals surface area contributed by atoms with Crippen molar-refractivity contribution < 1.29 is 14.4 Å². The maximum atomic E-state index is 11.0. The first-order valence-electron chi connectivity index (χ1n) is 12.3. The predicted molar refractivity (Wildman–Crippen MR) is 122 cm³/mol. The number of carboxylic acid groups (broad SMARTS) is 1. The van der Waals surface area contributed by atoms with Gasteiger partial charge in [-0.15, -0.1) is 0 Å². The van der Waals surface area contributed by atoms with Gasteiger partial charge in [0.05, 0.1) is 0 Å². The van der Waals surface area contributed by atoms with E-state index in [4.69, 9.17) is 14.6 Å². The molecule has 0 amide bonds. The van der Waals surface area contributed by atoms with Crippen LogP contribution < -0.4 is 10.2 Å². The van der Waals surface area contributed by atoms with Gasteiger partial charge in [-0.3, -0.25) is 4.79 Å². The number of carbonyl (C=O) groups is 1. The van der Waals surface area contributed by atoms with Gasteiger partial charge in [0.2, 0.25) is 5.89 Å². The number of rotatable bonds is 6. The van der Waals surface area contributed by atoms with Gasteiger partial charge in [0.25, 0.3) is 5.95 Å². The van der Waals surface area contributed by atoms with Crippen LogP contribution in [0.2, 0.25) is 0 Å². The van der Waals surface area contributed by atoms with Crippen LogP contribution in [-0.2, 0) is 17.8 Å². The molecule has 0 saturated heterocycles. The molecule has 2 fully saturated rings. The Kier molecular flexibility index (Phi) is 6.17. The second-order valence-corrected chi connectivity index (χ2v) is 9.91. The van der Waals surface area contributed by atoms with Crippen LogP contribution in [0.1, 0.15) is 81.2 Å². The normalized spacial score (nSPS) is 26.3. The quantitative estimate of drug-likeness (QED) is 0.670. The lowest BCUT2D eigenvalue weighted by atomic mass is 9.67. The van der Waals surface area contributed by atoms with Crippen molar-refractivity contribution in [2.75, 3.05) is 11.4 Å². The molecule has 1 aliphatic heterocycles. The second-order valence-electron chi connectivity index (χ2n) is 9.91. The zero-order chi connectivity index (χ0) is 22.1. The number of benzene rings is 1. The van der Waals surface area contributed by atoms with Gasteiger partial charge >= 0.3 is 5.97 Å². The van der Waals surface area contributed by atoms with Gasteiger partial charge in [-0.25, -0.2) is 0 Å². The number of aliphatic carboxylic acids is 1. The minimum absolute atomic E-state index is 0.407. The Morgan fingerprint density at radius 1 is 1.22 bits per heavy atom. The Morgan fingerprint density at radius 2 is 2.06 bits per heavy atom. The highest BCUT2D eigenvalue weighted by atomic mass is 16.5. The molecule has 0 bridgehead atoms. The monoisotopic (exact) mass is 438 g/mol. The van der Waals surface area contributed by atoms with Crippen LogP contribution >= 0.6 is 0 Å². The molecule has 3 aliphatic rings. The topological polar surface area (TPSA) is 91.5 Å². The molecule has 32 heavy (non-hydrogen) atoms. The zero-order valence-corrected chi connectivity index (χ0v) is 18.9. The number of aromatic nitrogens is 2. The minimum Gasteiger partial charge on any atom is -0.480 e. The fraction of sp³-hybridized carbons (Fsp3) is 0.640. The average Bonchev–Trinajstić information content (AvgIpc) is 3.31. The number of hydrogen-bond donors (Lipinski definition) is 2. The van der Waals surface area contributed by atoms with Crippen molar-refractivity contribution in [3.63, 3.8) is 0 Å². The van der Waals surface area contributed by atoms with Gasteiger partial charge in [0.15, 0.2) is 0 Å². The fourth-order valence-corrected chi connectivity index (χ4v) is 5.93. The first-order chi connectivity index (χ1) is 15.6. The van der Waals surface area contributed by atoms with E-state index in [1.807, 2.05) is 0 Å². The molecule has 2 aromatic rings. The van der Waals surface area contributed by atoms with Gasteiger partial charge in [0, 0.05) is 24.7 Å². The van der Waals surface area contributed by atoms with Crippen molar-refractivity contribution in [3.8, 4) is 0 Å². The van der Waals surface area contributed by atoms with Crippen LogP contribution in [0.25, 0.3) is 0 Å². The number of hydrogen-bond acceptors (Lipinski definition) is 6. The first kappa shape index (κ1) is 21.4. The van der Waals surface area contributed by atoms with Crippen LogP contribution in [0.15, 0.2) is 22.7 Å². The summed E-state index contributed by atoms with van der Waals surface area (Å²) in [5.41, 5.74) is 3.49. The van der Waals surface area contributed by atoms with E-state index in [1.165, 1.54) is 50.5 Å². The lowest BCUT2D eigenvalue weighted by molar-refractivity contribution is -0.139. The number of aryl methyl sites for hydroxylation is 1. The summed E-state index contributed by atoms with van der Waals surface area (Å²) in [5, 5.41) is 16.5. The van der Waals surface area contributed by atoms with Crippen molar-refractivity contribution in [1.29, 1.82) is 0 Å². The molecule has 2 aliphatic carbocycles. The fourth-order valence-electron chi connectivity index (χ4n) is 5.93. The molecule has 2 saturated carbocycles. The lowest BCUT2D eigenvalue weighted by Gasteiger charge is -2.38. The summed E-state index contributed by atoms with van der Waals surface area (Å²) < 4.78 is 5.79. The predicted octanol–water partition coefficient (Wildman–Crippen LogP) is 4.79. The van der Waals surface area contributed by atoms with Crippen LogP contribution in [0.4, 0.5) is 11.6 Å². The molecule has 5 rings (SSSR count). The van der Waals surface area contributed by atoms with Crippen LogP contribution in [0, 0.1) is 11.8 Å². The smallest absolute Gasteiger partial charge is 0.320 e. The van der Waals surface area contributed by atoms with E-state index in [0.717, 1.165) is 48.4 Å². The second kappa shape index (κ2) is 9.22. The summed E-state index contributed by atoms with van der Waals surface area (Å²) in [6.07, 6.45) is 11.3. The Bertz CT molecular complexity index is 958. The summed E-state index contributed by atoms with van der Waals surface area (Å²) in [7, 11) is 0. The summed E-state index contributed by atoms with van der Waals surface area (Å²) in [5.74, 6) is 2.82. The maximum Gasteiger partial charge on any atom is 0.320 e. The molecule has 0 spiro atoms. The number of nitrogens with zero attached hydrogens (tertiary/aromatic N) is 3. The molecular formula is C25H34N4O3. The van der Waals surface area contributed by atoms with Gasteiger partial charge in [-0.2, -0.15) is 4.98 Å². The molecule has 2 N–H and O–H groups in total. The number of anilines is 2. The number of carboxylic acids is 1. The average molecular weight is 439 g/mol. The van der Waals surface area contributed by atoms with Crippen molar-refractivity contribution in [2.24, 2.45) is 11.8 Å². The van der Waals surface area contributed by atoms with Crippen LogP contribution in [-0.4, -0.2) is 33.8 Å².